The van der Waals surface area contributed by atoms with Crippen LogP contribution in [0.4, 0.5) is 0 Å². The Labute approximate surface area is 84.2 Å². The third-order valence-corrected chi connectivity index (χ3v) is 2.87. The zero-order valence-electron chi connectivity index (χ0n) is 8.16. The smallest absolute Gasteiger partial charge is 0.0880 e. The Morgan fingerprint density at radius 1 is 1.46 bits per heavy atom. The minimum Gasteiger partial charge on any atom is -0.388 e. The molecule has 1 aromatic rings. The molecule has 0 fully saturated rings. The van der Waals surface area contributed by atoms with E-state index in [-0.39, 0.29) is 6.10 Å². The van der Waals surface area contributed by atoms with E-state index in [1.54, 1.807) is 11.8 Å². The van der Waals surface area contributed by atoms with Gasteiger partial charge in [-0.2, -0.15) is 11.8 Å². The molecule has 1 atom stereocenters. The summed E-state index contributed by atoms with van der Waals surface area (Å²) in [6, 6.07) is 8.06. The first-order valence-corrected chi connectivity index (χ1v) is 5.72. The molecule has 13 heavy (non-hydrogen) atoms. The molecule has 2 heteroatoms. The lowest BCUT2D eigenvalue weighted by Gasteiger charge is -2.10. The van der Waals surface area contributed by atoms with Crippen molar-refractivity contribution in [3.8, 4) is 0 Å². The van der Waals surface area contributed by atoms with Crippen molar-refractivity contribution in [3.05, 3.63) is 35.4 Å². The Morgan fingerprint density at radius 2 is 2.23 bits per heavy atom. The molecule has 1 nitrogen and oxygen atoms in total. The van der Waals surface area contributed by atoms with Gasteiger partial charge in [0, 0.05) is 5.75 Å². The van der Waals surface area contributed by atoms with E-state index in [9.17, 15) is 5.11 Å². The van der Waals surface area contributed by atoms with Gasteiger partial charge in [-0.05, 0) is 18.2 Å². The second-order valence-corrected chi connectivity index (χ2v) is 4.41. The fourth-order valence-electron chi connectivity index (χ4n) is 1.20. The second-order valence-electron chi connectivity index (χ2n) is 3.09. The zero-order valence-corrected chi connectivity index (χ0v) is 8.97. The van der Waals surface area contributed by atoms with E-state index >= 15 is 0 Å². The number of aliphatic hydroxyl groups is 1. The lowest BCUT2D eigenvalue weighted by molar-refractivity contribution is 0.204. The molecule has 1 N–H and O–H groups in total. The van der Waals surface area contributed by atoms with Crippen molar-refractivity contribution >= 4 is 11.8 Å². The molecule has 1 aromatic carbocycles. The van der Waals surface area contributed by atoms with Gasteiger partial charge in [-0.15, -0.1) is 0 Å². The van der Waals surface area contributed by atoms with Gasteiger partial charge >= 0.3 is 0 Å². The Kier molecular flexibility index (Phi) is 4.33. The minimum atomic E-state index is -0.315. The van der Waals surface area contributed by atoms with E-state index in [0.717, 1.165) is 17.1 Å². The molecular weight excluding hydrogens is 180 g/mol. The van der Waals surface area contributed by atoms with Crippen LogP contribution < -0.4 is 0 Å². The summed E-state index contributed by atoms with van der Waals surface area (Å²) in [6.45, 7) is 4.15. The van der Waals surface area contributed by atoms with Crippen LogP contribution >= 0.6 is 11.8 Å². The lowest BCUT2D eigenvalue weighted by Crippen LogP contribution is -2.00. The molecule has 0 saturated carbocycles. The first-order chi connectivity index (χ1) is 6.24. The van der Waals surface area contributed by atoms with E-state index in [1.807, 2.05) is 31.2 Å². The highest BCUT2D eigenvalue weighted by Gasteiger charge is 2.06. The molecule has 0 aliphatic heterocycles. The van der Waals surface area contributed by atoms with Gasteiger partial charge < -0.3 is 5.11 Å². The van der Waals surface area contributed by atoms with Crippen LogP contribution in [0.15, 0.2) is 24.3 Å². The molecule has 1 unspecified atom stereocenters. The van der Waals surface area contributed by atoms with E-state index in [1.165, 1.54) is 5.56 Å². The molecule has 0 radical (unpaired) electrons. The van der Waals surface area contributed by atoms with Crippen molar-refractivity contribution in [1.29, 1.82) is 0 Å². The summed E-state index contributed by atoms with van der Waals surface area (Å²) >= 11 is 1.77. The van der Waals surface area contributed by atoms with Crippen LogP contribution in [0.3, 0.4) is 0 Å². The number of benzene rings is 1. The fourth-order valence-corrected chi connectivity index (χ4v) is 1.85. The molecular formula is C11H16OS. The maximum atomic E-state index is 9.76. The Bertz CT molecular complexity index is 260. The summed E-state index contributed by atoms with van der Waals surface area (Å²) in [5.41, 5.74) is 2.24. The highest BCUT2D eigenvalue weighted by Crippen LogP contribution is 2.18. The van der Waals surface area contributed by atoms with Crippen LogP contribution in [0.1, 0.15) is 24.2 Å². The largest absolute Gasteiger partial charge is 0.388 e. The summed E-state index contributed by atoms with van der Waals surface area (Å²) in [6.07, 6.45) is -0.315. The third-order valence-electron chi connectivity index (χ3n) is 1.91. The van der Waals surface area contributed by atoms with E-state index < -0.39 is 0 Å². The monoisotopic (exact) mass is 196 g/mol. The zero-order chi connectivity index (χ0) is 9.68. The molecule has 0 aromatic heterocycles. The van der Waals surface area contributed by atoms with Crippen molar-refractivity contribution in [2.45, 2.75) is 20.0 Å². The first kappa shape index (κ1) is 10.6. The topological polar surface area (TPSA) is 20.2 Å². The van der Waals surface area contributed by atoms with Gasteiger partial charge in [0.15, 0.2) is 0 Å². The highest BCUT2D eigenvalue weighted by molar-refractivity contribution is 7.99. The van der Waals surface area contributed by atoms with Gasteiger partial charge in [-0.25, -0.2) is 0 Å². The molecule has 0 bridgehead atoms. The molecule has 0 saturated heterocycles. The summed E-state index contributed by atoms with van der Waals surface area (Å²) in [5.74, 6) is 1.85. The van der Waals surface area contributed by atoms with Gasteiger partial charge in [-0.1, -0.05) is 36.8 Å². The summed E-state index contributed by atoms with van der Waals surface area (Å²) in [4.78, 5) is 0. The number of hydrogen-bond donors (Lipinski definition) is 1. The van der Waals surface area contributed by atoms with E-state index in [0.29, 0.717) is 0 Å². The van der Waals surface area contributed by atoms with Crippen LogP contribution in [0.2, 0.25) is 0 Å². The van der Waals surface area contributed by atoms with E-state index in [2.05, 4.69) is 6.92 Å². The van der Waals surface area contributed by atoms with Crippen molar-refractivity contribution < 1.29 is 5.11 Å². The van der Waals surface area contributed by atoms with Gasteiger partial charge in [0.2, 0.25) is 0 Å². The van der Waals surface area contributed by atoms with Crippen molar-refractivity contribution in [1.82, 2.24) is 0 Å². The summed E-state index contributed by atoms with van der Waals surface area (Å²) in [7, 11) is 0. The summed E-state index contributed by atoms with van der Waals surface area (Å²) in [5, 5.41) is 9.76. The molecule has 0 aliphatic carbocycles. The number of thioether (sulfide) groups is 1. The predicted molar refractivity (Wildman–Crippen MR) is 59.1 cm³/mol. The average Bonchev–Trinajstić information content (AvgIpc) is 2.14. The Morgan fingerprint density at radius 3 is 2.85 bits per heavy atom. The first-order valence-electron chi connectivity index (χ1n) is 4.56. The maximum Gasteiger partial charge on any atom is 0.0880 e. The number of aryl methyl sites for hydroxylation is 1. The van der Waals surface area contributed by atoms with Crippen LogP contribution in [-0.2, 0) is 0 Å². The number of aliphatic hydroxyl groups excluding tert-OH is 1. The normalized spacial score (nSPS) is 12.8. The Balaban J connectivity index is 2.60. The Hall–Kier alpha value is -0.470. The van der Waals surface area contributed by atoms with Gasteiger partial charge in [0.05, 0.1) is 6.10 Å². The van der Waals surface area contributed by atoms with Crippen molar-refractivity contribution in [2.24, 2.45) is 0 Å². The number of hydrogen-bond acceptors (Lipinski definition) is 2. The predicted octanol–water partition coefficient (Wildman–Crippen LogP) is 2.78. The summed E-state index contributed by atoms with van der Waals surface area (Å²) < 4.78 is 0. The molecule has 1 rings (SSSR count). The van der Waals surface area contributed by atoms with Gasteiger partial charge in [0.1, 0.15) is 0 Å². The quantitative estimate of drug-likeness (QED) is 0.799. The molecule has 0 spiro atoms. The van der Waals surface area contributed by atoms with Crippen molar-refractivity contribution in [2.75, 3.05) is 11.5 Å². The average molecular weight is 196 g/mol. The maximum absolute atomic E-state index is 9.76. The standard InChI is InChI=1S/C11H16OS/c1-3-13-8-11(12)10-6-4-5-9(2)7-10/h4-7,11-12H,3,8H2,1-2H3. The molecule has 0 amide bonds. The molecule has 72 valence electrons. The van der Waals surface area contributed by atoms with Crippen molar-refractivity contribution in [3.63, 3.8) is 0 Å². The van der Waals surface area contributed by atoms with Crippen LogP contribution in [-0.4, -0.2) is 16.6 Å². The number of rotatable bonds is 4. The molecule has 0 aliphatic rings. The third kappa shape index (κ3) is 3.41. The molecule has 0 heterocycles. The van der Waals surface area contributed by atoms with Crippen LogP contribution in [0.5, 0.6) is 0 Å². The second kappa shape index (κ2) is 5.30. The highest BCUT2D eigenvalue weighted by atomic mass is 32.2. The SMILES string of the molecule is CCSCC(O)c1cccc(C)c1. The lowest BCUT2D eigenvalue weighted by atomic mass is 10.1. The fraction of sp³-hybridized carbons (Fsp3) is 0.455. The minimum absolute atomic E-state index is 0.315. The van der Waals surface area contributed by atoms with Gasteiger partial charge in [-0.3, -0.25) is 0 Å². The van der Waals surface area contributed by atoms with Gasteiger partial charge in [0.25, 0.3) is 0 Å². The van der Waals surface area contributed by atoms with E-state index in [4.69, 9.17) is 0 Å². The van der Waals surface area contributed by atoms with Crippen LogP contribution in [0, 0.1) is 6.92 Å². The van der Waals surface area contributed by atoms with Crippen LogP contribution in [0.25, 0.3) is 0 Å².